The van der Waals surface area contributed by atoms with Gasteiger partial charge in [0.15, 0.2) is 0 Å². The lowest BCUT2D eigenvalue weighted by Crippen LogP contribution is -2.07. The lowest BCUT2D eigenvalue weighted by Gasteiger charge is -2.11. The van der Waals surface area contributed by atoms with Crippen molar-refractivity contribution in [2.45, 2.75) is 0 Å². The molecule has 0 atom stereocenters. The number of hydrogen-bond donors (Lipinski definition) is 2. The van der Waals surface area contributed by atoms with Gasteiger partial charge in [0.1, 0.15) is 23.8 Å². The highest BCUT2D eigenvalue weighted by molar-refractivity contribution is 5.76. The maximum absolute atomic E-state index is 13.8. The summed E-state index contributed by atoms with van der Waals surface area (Å²) in [7, 11) is 0. The maximum atomic E-state index is 13.8. The summed E-state index contributed by atoms with van der Waals surface area (Å²) in [6, 6.07) is 8.10. The second-order valence-corrected chi connectivity index (χ2v) is 5.03. The fourth-order valence-corrected chi connectivity index (χ4v) is 2.15. The Kier molecular flexibility index (Phi) is 4.65. The van der Waals surface area contributed by atoms with Crippen LogP contribution in [0.25, 0.3) is 0 Å². The van der Waals surface area contributed by atoms with Gasteiger partial charge in [-0.05, 0) is 24.3 Å². The number of para-hydroxylation sites is 1. The van der Waals surface area contributed by atoms with Crippen molar-refractivity contribution < 1.29 is 18.1 Å². The summed E-state index contributed by atoms with van der Waals surface area (Å²) in [5.41, 5.74) is -1.04. The molecule has 1 aromatic heterocycles. The van der Waals surface area contributed by atoms with E-state index in [1.807, 2.05) is 0 Å². The number of aromatic nitrogens is 2. The highest BCUT2D eigenvalue weighted by Crippen LogP contribution is 2.34. The molecule has 0 fully saturated rings. The van der Waals surface area contributed by atoms with Crippen LogP contribution in [-0.4, -0.2) is 14.9 Å². The van der Waals surface area contributed by atoms with Gasteiger partial charge in [0.05, 0.1) is 16.3 Å². The highest BCUT2D eigenvalue weighted by atomic mass is 19.1. The van der Waals surface area contributed by atoms with Crippen LogP contribution in [0.15, 0.2) is 48.8 Å². The zero-order valence-electron chi connectivity index (χ0n) is 12.9. The van der Waals surface area contributed by atoms with Gasteiger partial charge in [-0.15, -0.1) is 0 Å². The molecule has 0 saturated carbocycles. The van der Waals surface area contributed by atoms with E-state index in [1.165, 1.54) is 18.2 Å². The number of anilines is 4. The average Bonchev–Trinajstić information content (AvgIpc) is 2.60. The van der Waals surface area contributed by atoms with Gasteiger partial charge < -0.3 is 10.6 Å². The van der Waals surface area contributed by atoms with E-state index in [0.29, 0.717) is 0 Å². The number of benzene rings is 2. The summed E-state index contributed by atoms with van der Waals surface area (Å²) < 4.78 is 40.8. The van der Waals surface area contributed by atoms with Crippen LogP contribution in [0, 0.1) is 27.6 Å². The standard InChI is InChI=1S/C16H10F3N5O2/c17-9-5-6-11(19)13(7-9)23-16-14(24(25)26)15(20-8-21-16)22-12-4-2-1-3-10(12)18/h1-8H,(H2,20,21,22,23). The van der Waals surface area contributed by atoms with E-state index in [9.17, 15) is 23.3 Å². The molecule has 0 aliphatic rings. The Bertz CT molecular complexity index is 984. The Morgan fingerprint density at radius 2 is 1.50 bits per heavy atom. The molecule has 26 heavy (non-hydrogen) atoms. The number of rotatable bonds is 5. The van der Waals surface area contributed by atoms with Crippen LogP contribution < -0.4 is 10.6 Å². The zero-order valence-corrected chi connectivity index (χ0v) is 12.9. The third-order valence-corrected chi connectivity index (χ3v) is 3.31. The van der Waals surface area contributed by atoms with Crippen LogP contribution in [0.5, 0.6) is 0 Å². The quantitative estimate of drug-likeness (QED) is 0.520. The second-order valence-electron chi connectivity index (χ2n) is 5.03. The average molecular weight is 361 g/mol. The van der Waals surface area contributed by atoms with Crippen molar-refractivity contribution in [1.82, 2.24) is 9.97 Å². The highest BCUT2D eigenvalue weighted by Gasteiger charge is 2.24. The monoisotopic (exact) mass is 361 g/mol. The van der Waals surface area contributed by atoms with E-state index in [-0.39, 0.29) is 23.0 Å². The van der Waals surface area contributed by atoms with E-state index >= 15 is 0 Å². The lowest BCUT2D eigenvalue weighted by molar-refractivity contribution is -0.383. The Hall–Kier alpha value is -3.69. The minimum absolute atomic E-state index is 0.0443. The van der Waals surface area contributed by atoms with E-state index < -0.39 is 28.1 Å². The molecule has 2 aromatic carbocycles. The summed E-state index contributed by atoms with van der Waals surface area (Å²) in [6.07, 6.45) is 0.968. The molecule has 0 saturated heterocycles. The predicted octanol–water partition coefficient (Wildman–Crippen LogP) is 4.29. The smallest absolute Gasteiger partial charge is 0.332 e. The van der Waals surface area contributed by atoms with Crippen LogP contribution in [0.2, 0.25) is 0 Å². The van der Waals surface area contributed by atoms with Crippen molar-refractivity contribution in [3.05, 3.63) is 76.4 Å². The van der Waals surface area contributed by atoms with E-state index in [4.69, 9.17) is 0 Å². The first-order valence-electron chi connectivity index (χ1n) is 7.18. The molecule has 0 unspecified atom stereocenters. The molecule has 1 heterocycles. The Morgan fingerprint density at radius 3 is 2.15 bits per heavy atom. The zero-order chi connectivity index (χ0) is 18.7. The SMILES string of the molecule is O=[N+]([O-])c1c(Nc2ccccc2F)ncnc1Nc1cc(F)ccc1F. The predicted molar refractivity (Wildman–Crippen MR) is 88.0 cm³/mol. The van der Waals surface area contributed by atoms with E-state index in [2.05, 4.69) is 20.6 Å². The molecule has 7 nitrogen and oxygen atoms in total. The summed E-state index contributed by atoms with van der Waals surface area (Å²) >= 11 is 0. The van der Waals surface area contributed by atoms with Crippen LogP contribution in [0.4, 0.5) is 41.9 Å². The molecule has 0 bridgehead atoms. The van der Waals surface area contributed by atoms with Crippen molar-refractivity contribution >= 4 is 28.7 Å². The van der Waals surface area contributed by atoms with Crippen molar-refractivity contribution in [1.29, 1.82) is 0 Å². The first kappa shape index (κ1) is 17.1. The van der Waals surface area contributed by atoms with Crippen LogP contribution in [0.1, 0.15) is 0 Å². The third kappa shape index (κ3) is 3.53. The first-order chi connectivity index (χ1) is 12.5. The van der Waals surface area contributed by atoms with Gasteiger partial charge in [0, 0.05) is 6.07 Å². The summed E-state index contributed by atoms with van der Waals surface area (Å²) in [4.78, 5) is 18.1. The Labute approximate surface area is 144 Å². The molecule has 0 aliphatic carbocycles. The molecule has 0 aliphatic heterocycles. The summed E-state index contributed by atoms with van der Waals surface area (Å²) in [5.74, 6) is -2.91. The number of nitrogens with zero attached hydrogens (tertiary/aromatic N) is 3. The molecular formula is C16H10F3N5O2. The number of nitrogens with one attached hydrogen (secondary N) is 2. The van der Waals surface area contributed by atoms with Gasteiger partial charge in [-0.1, -0.05) is 12.1 Å². The molecule has 0 radical (unpaired) electrons. The number of nitro groups is 1. The minimum Gasteiger partial charge on any atom is -0.332 e. The lowest BCUT2D eigenvalue weighted by atomic mass is 10.2. The number of hydrogen-bond acceptors (Lipinski definition) is 6. The van der Waals surface area contributed by atoms with Gasteiger partial charge in [-0.3, -0.25) is 10.1 Å². The van der Waals surface area contributed by atoms with Gasteiger partial charge in [-0.2, -0.15) is 0 Å². The van der Waals surface area contributed by atoms with E-state index in [0.717, 1.165) is 30.6 Å². The second kappa shape index (κ2) is 7.05. The largest absolute Gasteiger partial charge is 0.353 e. The Morgan fingerprint density at radius 1 is 0.885 bits per heavy atom. The molecular weight excluding hydrogens is 351 g/mol. The minimum atomic E-state index is -0.831. The molecule has 0 amide bonds. The van der Waals surface area contributed by atoms with Crippen LogP contribution in [-0.2, 0) is 0 Å². The van der Waals surface area contributed by atoms with Crippen molar-refractivity contribution in [2.24, 2.45) is 0 Å². The third-order valence-electron chi connectivity index (χ3n) is 3.31. The fourth-order valence-electron chi connectivity index (χ4n) is 2.15. The molecule has 132 valence electrons. The van der Waals surface area contributed by atoms with Gasteiger partial charge >= 0.3 is 5.69 Å². The van der Waals surface area contributed by atoms with Crippen molar-refractivity contribution in [2.75, 3.05) is 10.6 Å². The topological polar surface area (TPSA) is 93.0 Å². The van der Waals surface area contributed by atoms with Crippen molar-refractivity contribution in [3.63, 3.8) is 0 Å². The molecule has 3 aromatic rings. The molecule has 3 rings (SSSR count). The van der Waals surface area contributed by atoms with Crippen molar-refractivity contribution in [3.8, 4) is 0 Å². The van der Waals surface area contributed by atoms with Gasteiger partial charge in [-0.25, -0.2) is 23.1 Å². The Balaban J connectivity index is 2.03. The van der Waals surface area contributed by atoms with Gasteiger partial charge in [0.2, 0.25) is 11.6 Å². The fraction of sp³-hybridized carbons (Fsp3) is 0. The first-order valence-corrected chi connectivity index (χ1v) is 7.18. The summed E-state index contributed by atoms with van der Waals surface area (Å²) in [6.45, 7) is 0. The molecule has 0 spiro atoms. The van der Waals surface area contributed by atoms with Crippen LogP contribution in [0.3, 0.4) is 0 Å². The molecule has 2 N–H and O–H groups in total. The van der Waals surface area contributed by atoms with Gasteiger partial charge in [0.25, 0.3) is 0 Å². The normalized spacial score (nSPS) is 10.4. The maximum Gasteiger partial charge on any atom is 0.353 e. The summed E-state index contributed by atoms with van der Waals surface area (Å²) in [5, 5.41) is 16.3. The van der Waals surface area contributed by atoms with E-state index in [1.54, 1.807) is 0 Å². The number of halogens is 3. The van der Waals surface area contributed by atoms with Crippen LogP contribution >= 0.6 is 0 Å². The molecule has 10 heteroatoms.